The molecule has 1 rings (SSSR count). The normalized spacial score (nSPS) is 22.0. The highest BCUT2D eigenvalue weighted by molar-refractivity contribution is 5.78. The van der Waals surface area contributed by atoms with Crippen LogP contribution in [0.4, 0.5) is 0 Å². The zero-order chi connectivity index (χ0) is 13.1. The molecule has 0 radical (unpaired) electrons. The minimum Gasteiger partial charge on any atom is -0.377 e. The van der Waals surface area contributed by atoms with Gasteiger partial charge in [0.2, 0.25) is 5.91 Å². The molecule has 17 heavy (non-hydrogen) atoms. The quantitative estimate of drug-likeness (QED) is 0.810. The van der Waals surface area contributed by atoms with Crippen LogP contribution in [-0.2, 0) is 9.53 Å². The van der Waals surface area contributed by atoms with Crippen molar-refractivity contribution in [1.29, 1.82) is 0 Å². The number of hydrogen-bond donors (Lipinski definition) is 1. The highest BCUT2D eigenvalue weighted by Crippen LogP contribution is 2.12. The molecule has 1 saturated heterocycles. The van der Waals surface area contributed by atoms with E-state index in [0.29, 0.717) is 19.8 Å². The van der Waals surface area contributed by atoms with Crippen molar-refractivity contribution in [2.75, 3.05) is 26.3 Å². The summed E-state index contributed by atoms with van der Waals surface area (Å²) in [4.78, 5) is 14.0. The Morgan fingerprint density at radius 3 is 2.65 bits per heavy atom. The predicted molar refractivity (Wildman–Crippen MR) is 68.9 cm³/mol. The molecule has 0 aliphatic carbocycles. The molecule has 4 nitrogen and oxygen atoms in total. The van der Waals surface area contributed by atoms with Crippen LogP contribution in [0.5, 0.6) is 0 Å². The molecular weight excluding hydrogens is 216 g/mol. The van der Waals surface area contributed by atoms with Crippen LogP contribution in [0.3, 0.4) is 0 Å². The van der Waals surface area contributed by atoms with Gasteiger partial charge < -0.3 is 15.0 Å². The SMILES string of the molecule is CC(C)C(=O)N1CCOC[C@H]1CNC(C)(C)C. The van der Waals surface area contributed by atoms with E-state index in [-0.39, 0.29) is 23.4 Å². The Balaban J connectivity index is 2.57. The molecule has 1 amide bonds. The molecule has 100 valence electrons. The molecule has 1 aliphatic rings. The van der Waals surface area contributed by atoms with Gasteiger partial charge >= 0.3 is 0 Å². The van der Waals surface area contributed by atoms with E-state index in [0.717, 1.165) is 6.54 Å². The van der Waals surface area contributed by atoms with E-state index in [9.17, 15) is 4.79 Å². The van der Waals surface area contributed by atoms with Crippen LogP contribution < -0.4 is 5.32 Å². The Kier molecular flexibility index (Phi) is 4.95. The second-order valence-electron chi connectivity index (χ2n) is 6.05. The molecule has 0 saturated carbocycles. The van der Waals surface area contributed by atoms with Crippen molar-refractivity contribution in [3.05, 3.63) is 0 Å². The van der Waals surface area contributed by atoms with E-state index >= 15 is 0 Å². The molecule has 0 bridgehead atoms. The number of amides is 1. The number of carbonyl (C=O) groups is 1. The van der Waals surface area contributed by atoms with E-state index in [1.807, 2.05) is 18.7 Å². The lowest BCUT2D eigenvalue weighted by molar-refractivity contribution is -0.143. The Hall–Kier alpha value is -0.610. The second kappa shape index (κ2) is 5.83. The lowest BCUT2D eigenvalue weighted by Crippen LogP contribution is -2.56. The fourth-order valence-electron chi connectivity index (χ4n) is 1.87. The van der Waals surface area contributed by atoms with Crippen molar-refractivity contribution in [1.82, 2.24) is 10.2 Å². The third kappa shape index (κ3) is 4.64. The van der Waals surface area contributed by atoms with Crippen molar-refractivity contribution in [3.63, 3.8) is 0 Å². The molecule has 1 aliphatic heterocycles. The highest BCUT2D eigenvalue weighted by atomic mass is 16.5. The van der Waals surface area contributed by atoms with Crippen LogP contribution >= 0.6 is 0 Å². The molecule has 0 spiro atoms. The second-order valence-corrected chi connectivity index (χ2v) is 6.05. The Bertz CT molecular complexity index is 259. The Morgan fingerprint density at radius 2 is 2.12 bits per heavy atom. The van der Waals surface area contributed by atoms with Gasteiger partial charge in [0, 0.05) is 24.5 Å². The van der Waals surface area contributed by atoms with Crippen LogP contribution in [0.1, 0.15) is 34.6 Å². The summed E-state index contributed by atoms with van der Waals surface area (Å²) < 4.78 is 5.47. The average Bonchev–Trinajstić information content (AvgIpc) is 2.24. The minimum atomic E-state index is 0.0604. The molecule has 0 aromatic heterocycles. The Labute approximate surface area is 105 Å². The van der Waals surface area contributed by atoms with Gasteiger partial charge in [-0.15, -0.1) is 0 Å². The number of rotatable bonds is 3. The molecule has 1 fully saturated rings. The summed E-state index contributed by atoms with van der Waals surface area (Å²) in [6.45, 7) is 13.1. The standard InChI is InChI=1S/C13H26N2O2/c1-10(2)12(16)15-6-7-17-9-11(15)8-14-13(3,4)5/h10-11,14H,6-9H2,1-5H3/t11-/m1/s1. The maximum atomic E-state index is 12.1. The fraction of sp³-hybridized carbons (Fsp3) is 0.923. The smallest absolute Gasteiger partial charge is 0.225 e. The predicted octanol–water partition coefficient (Wildman–Crippen LogP) is 1.26. The van der Waals surface area contributed by atoms with E-state index in [1.54, 1.807) is 0 Å². The third-order valence-corrected chi connectivity index (χ3v) is 2.87. The van der Waals surface area contributed by atoms with Gasteiger partial charge in [0.25, 0.3) is 0 Å². The molecule has 0 aromatic carbocycles. The summed E-state index contributed by atoms with van der Waals surface area (Å²) >= 11 is 0. The van der Waals surface area contributed by atoms with E-state index < -0.39 is 0 Å². The average molecular weight is 242 g/mol. The van der Waals surface area contributed by atoms with E-state index in [1.165, 1.54) is 0 Å². The third-order valence-electron chi connectivity index (χ3n) is 2.87. The topological polar surface area (TPSA) is 41.6 Å². The van der Waals surface area contributed by atoms with Gasteiger partial charge in [-0.2, -0.15) is 0 Å². The maximum absolute atomic E-state index is 12.1. The number of nitrogens with zero attached hydrogens (tertiary/aromatic N) is 1. The summed E-state index contributed by atoms with van der Waals surface area (Å²) in [5, 5.41) is 3.44. The van der Waals surface area contributed by atoms with Gasteiger partial charge in [0.05, 0.1) is 19.3 Å². The molecule has 4 heteroatoms. The van der Waals surface area contributed by atoms with E-state index in [2.05, 4.69) is 26.1 Å². The minimum absolute atomic E-state index is 0.0604. The first-order valence-corrected chi connectivity index (χ1v) is 6.44. The number of nitrogens with one attached hydrogen (secondary N) is 1. The first-order valence-electron chi connectivity index (χ1n) is 6.44. The van der Waals surface area contributed by atoms with Crippen molar-refractivity contribution in [2.24, 2.45) is 5.92 Å². The van der Waals surface area contributed by atoms with E-state index in [4.69, 9.17) is 4.74 Å². The zero-order valence-electron chi connectivity index (χ0n) is 11.7. The molecular formula is C13H26N2O2. The maximum Gasteiger partial charge on any atom is 0.225 e. The summed E-state index contributed by atoms with van der Waals surface area (Å²) in [5.41, 5.74) is 0.0734. The Morgan fingerprint density at radius 1 is 1.47 bits per heavy atom. The van der Waals surface area contributed by atoms with Crippen molar-refractivity contribution < 1.29 is 9.53 Å². The van der Waals surface area contributed by atoms with Crippen LogP contribution in [0, 0.1) is 5.92 Å². The van der Waals surface area contributed by atoms with Gasteiger partial charge in [-0.05, 0) is 20.8 Å². The van der Waals surface area contributed by atoms with Crippen LogP contribution in [0.25, 0.3) is 0 Å². The monoisotopic (exact) mass is 242 g/mol. The molecule has 1 heterocycles. The van der Waals surface area contributed by atoms with Crippen molar-refractivity contribution >= 4 is 5.91 Å². The lowest BCUT2D eigenvalue weighted by atomic mass is 10.1. The fourth-order valence-corrected chi connectivity index (χ4v) is 1.87. The van der Waals surface area contributed by atoms with Crippen LogP contribution in [0.2, 0.25) is 0 Å². The van der Waals surface area contributed by atoms with Gasteiger partial charge in [0.1, 0.15) is 0 Å². The number of ether oxygens (including phenoxy) is 1. The van der Waals surface area contributed by atoms with Crippen molar-refractivity contribution in [3.8, 4) is 0 Å². The van der Waals surface area contributed by atoms with Gasteiger partial charge in [-0.3, -0.25) is 4.79 Å². The molecule has 1 atom stereocenters. The highest BCUT2D eigenvalue weighted by Gasteiger charge is 2.29. The van der Waals surface area contributed by atoms with Crippen LogP contribution in [0.15, 0.2) is 0 Å². The summed E-state index contributed by atoms with van der Waals surface area (Å²) in [7, 11) is 0. The summed E-state index contributed by atoms with van der Waals surface area (Å²) in [6.07, 6.45) is 0. The largest absolute Gasteiger partial charge is 0.377 e. The number of carbonyl (C=O) groups excluding carboxylic acids is 1. The molecule has 1 N–H and O–H groups in total. The van der Waals surface area contributed by atoms with Gasteiger partial charge in [-0.1, -0.05) is 13.8 Å². The van der Waals surface area contributed by atoms with Gasteiger partial charge in [0.15, 0.2) is 0 Å². The zero-order valence-corrected chi connectivity index (χ0v) is 11.7. The van der Waals surface area contributed by atoms with Crippen LogP contribution in [-0.4, -0.2) is 48.7 Å². The first-order chi connectivity index (χ1) is 7.81. The van der Waals surface area contributed by atoms with Crippen molar-refractivity contribution in [2.45, 2.75) is 46.2 Å². The molecule has 0 unspecified atom stereocenters. The summed E-state index contributed by atoms with van der Waals surface area (Å²) in [6, 6.07) is 0.165. The number of hydrogen-bond acceptors (Lipinski definition) is 3. The summed E-state index contributed by atoms with van der Waals surface area (Å²) in [5.74, 6) is 0.291. The first kappa shape index (κ1) is 14.5. The molecule has 0 aromatic rings. The van der Waals surface area contributed by atoms with Gasteiger partial charge in [-0.25, -0.2) is 0 Å². The lowest BCUT2D eigenvalue weighted by Gasteiger charge is -2.38. The number of morpholine rings is 1.